The first-order valence-electron chi connectivity index (χ1n) is 6.22. The molecule has 0 heterocycles. The number of benzene rings is 2. The van der Waals surface area contributed by atoms with Crippen LogP contribution in [0.1, 0.15) is 28.4 Å². The highest BCUT2D eigenvalue weighted by molar-refractivity contribution is 9.10. The molecule has 20 heavy (non-hydrogen) atoms. The van der Waals surface area contributed by atoms with E-state index in [1.807, 2.05) is 19.9 Å². The summed E-state index contributed by atoms with van der Waals surface area (Å²) in [5.74, 6) is 0.112. The van der Waals surface area contributed by atoms with E-state index in [1.54, 1.807) is 18.2 Å². The first-order valence-corrected chi connectivity index (χ1v) is 7.01. The Morgan fingerprint density at radius 1 is 1.15 bits per heavy atom. The van der Waals surface area contributed by atoms with Crippen molar-refractivity contribution >= 4 is 15.9 Å². The van der Waals surface area contributed by atoms with Crippen molar-refractivity contribution in [3.05, 3.63) is 62.9 Å². The van der Waals surface area contributed by atoms with Crippen LogP contribution in [-0.4, -0.2) is 12.2 Å². The molecule has 0 amide bonds. The van der Waals surface area contributed by atoms with Crippen molar-refractivity contribution in [3.8, 4) is 5.75 Å². The molecule has 4 heteroatoms. The van der Waals surface area contributed by atoms with Crippen LogP contribution in [0.3, 0.4) is 0 Å². The number of aliphatic hydroxyl groups is 1. The Labute approximate surface area is 126 Å². The number of aryl methyl sites for hydroxylation is 2. The van der Waals surface area contributed by atoms with Crippen LogP contribution in [0.4, 0.5) is 4.39 Å². The molecule has 1 unspecified atom stereocenters. The zero-order valence-corrected chi connectivity index (χ0v) is 13.2. The van der Waals surface area contributed by atoms with Crippen LogP contribution in [0.15, 0.2) is 34.8 Å². The van der Waals surface area contributed by atoms with E-state index in [2.05, 4.69) is 15.9 Å². The van der Waals surface area contributed by atoms with E-state index >= 15 is 0 Å². The maximum absolute atomic E-state index is 13.9. The lowest BCUT2D eigenvalue weighted by Crippen LogP contribution is -2.06. The second-order valence-corrected chi connectivity index (χ2v) is 5.63. The molecular weight excluding hydrogens is 323 g/mol. The largest absolute Gasteiger partial charge is 0.496 e. The highest BCUT2D eigenvalue weighted by atomic mass is 79.9. The lowest BCUT2D eigenvalue weighted by atomic mass is 9.97. The number of aliphatic hydroxyl groups excluding tert-OH is 1. The summed E-state index contributed by atoms with van der Waals surface area (Å²) < 4.78 is 20.0. The van der Waals surface area contributed by atoms with Crippen molar-refractivity contribution in [2.75, 3.05) is 7.11 Å². The first kappa shape index (κ1) is 15.0. The number of rotatable bonds is 3. The van der Waals surface area contributed by atoms with Crippen LogP contribution in [0, 0.1) is 19.7 Å². The van der Waals surface area contributed by atoms with Gasteiger partial charge in [0.1, 0.15) is 17.7 Å². The molecular formula is C16H16BrFO2. The maximum atomic E-state index is 13.9. The third kappa shape index (κ3) is 2.86. The summed E-state index contributed by atoms with van der Waals surface area (Å²) in [6, 6.07) is 8.27. The highest BCUT2D eigenvalue weighted by Crippen LogP contribution is 2.35. The van der Waals surface area contributed by atoms with Crippen LogP contribution in [0.25, 0.3) is 0 Å². The SMILES string of the molecule is COc1cc(C)c(Br)cc1C(O)c1cc(C)ccc1F. The summed E-state index contributed by atoms with van der Waals surface area (Å²) in [4.78, 5) is 0. The number of ether oxygens (including phenoxy) is 1. The topological polar surface area (TPSA) is 29.5 Å². The summed E-state index contributed by atoms with van der Waals surface area (Å²) in [6.07, 6.45) is -1.07. The fraction of sp³-hybridized carbons (Fsp3) is 0.250. The molecule has 0 aromatic heterocycles. The van der Waals surface area contributed by atoms with E-state index in [1.165, 1.54) is 13.2 Å². The maximum Gasteiger partial charge on any atom is 0.129 e. The lowest BCUT2D eigenvalue weighted by molar-refractivity contribution is 0.209. The van der Waals surface area contributed by atoms with Crippen molar-refractivity contribution < 1.29 is 14.2 Å². The molecule has 0 fully saturated rings. The van der Waals surface area contributed by atoms with Crippen molar-refractivity contribution in [2.24, 2.45) is 0 Å². The number of methoxy groups -OCH3 is 1. The van der Waals surface area contributed by atoms with Gasteiger partial charge in [-0.1, -0.05) is 33.6 Å². The Balaban J connectivity index is 2.55. The van der Waals surface area contributed by atoms with Gasteiger partial charge in [0.05, 0.1) is 7.11 Å². The smallest absolute Gasteiger partial charge is 0.129 e. The molecule has 2 aromatic rings. The summed E-state index contributed by atoms with van der Waals surface area (Å²) in [5, 5.41) is 10.5. The standard InChI is InChI=1S/C16H16BrFO2/c1-9-4-5-14(18)11(6-9)16(19)12-8-13(17)10(2)7-15(12)20-3/h4-8,16,19H,1-3H3. The fourth-order valence-corrected chi connectivity index (χ4v) is 2.46. The van der Waals surface area contributed by atoms with Gasteiger partial charge in [0.25, 0.3) is 0 Å². The molecule has 2 rings (SSSR count). The summed E-state index contributed by atoms with van der Waals surface area (Å²) in [5.41, 5.74) is 2.67. The molecule has 0 spiro atoms. The zero-order valence-electron chi connectivity index (χ0n) is 11.6. The highest BCUT2D eigenvalue weighted by Gasteiger charge is 2.20. The van der Waals surface area contributed by atoms with E-state index < -0.39 is 11.9 Å². The third-order valence-electron chi connectivity index (χ3n) is 3.25. The van der Waals surface area contributed by atoms with Gasteiger partial charge in [0.2, 0.25) is 0 Å². The number of hydrogen-bond donors (Lipinski definition) is 1. The quantitative estimate of drug-likeness (QED) is 0.904. The Morgan fingerprint density at radius 2 is 1.85 bits per heavy atom. The molecule has 0 radical (unpaired) electrons. The van der Waals surface area contributed by atoms with Gasteiger partial charge in [0.15, 0.2) is 0 Å². The normalized spacial score (nSPS) is 12.3. The second kappa shape index (κ2) is 5.94. The van der Waals surface area contributed by atoms with Crippen LogP contribution in [-0.2, 0) is 0 Å². The summed E-state index contributed by atoms with van der Waals surface area (Å²) in [6.45, 7) is 3.79. The predicted octanol–water partition coefficient (Wildman–Crippen LogP) is 4.30. The van der Waals surface area contributed by atoms with E-state index in [4.69, 9.17) is 4.74 Å². The van der Waals surface area contributed by atoms with Gasteiger partial charge in [0, 0.05) is 15.6 Å². The number of halogens is 2. The van der Waals surface area contributed by atoms with Crippen LogP contribution >= 0.6 is 15.9 Å². The van der Waals surface area contributed by atoms with Crippen molar-refractivity contribution in [1.82, 2.24) is 0 Å². The van der Waals surface area contributed by atoms with E-state index in [0.29, 0.717) is 11.3 Å². The molecule has 0 bridgehead atoms. The first-order chi connectivity index (χ1) is 9.43. The Kier molecular flexibility index (Phi) is 4.45. The van der Waals surface area contributed by atoms with Gasteiger partial charge in [-0.15, -0.1) is 0 Å². The minimum absolute atomic E-state index is 0.249. The Hall–Kier alpha value is -1.39. The zero-order chi connectivity index (χ0) is 14.9. The van der Waals surface area contributed by atoms with Gasteiger partial charge in [-0.25, -0.2) is 4.39 Å². The summed E-state index contributed by atoms with van der Waals surface area (Å²) in [7, 11) is 1.53. The van der Waals surface area contributed by atoms with Crippen molar-refractivity contribution in [2.45, 2.75) is 20.0 Å². The molecule has 0 saturated heterocycles. The lowest BCUT2D eigenvalue weighted by Gasteiger charge is -2.17. The third-order valence-corrected chi connectivity index (χ3v) is 4.11. The van der Waals surface area contributed by atoms with Gasteiger partial charge in [-0.05, 0) is 37.6 Å². The van der Waals surface area contributed by atoms with Crippen LogP contribution < -0.4 is 4.74 Å². The van der Waals surface area contributed by atoms with Crippen molar-refractivity contribution in [1.29, 1.82) is 0 Å². The molecule has 1 atom stereocenters. The van der Waals surface area contributed by atoms with Gasteiger partial charge in [-0.3, -0.25) is 0 Å². The Bertz CT molecular complexity index is 641. The van der Waals surface area contributed by atoms with E-state index in [9.17, 15) is 9.50 Å². The minimum Gasteiger partial charge on any atom is -0.496 e. The molecule has 1 N–H and O–H groups in total. The number of hydrogen-bond acceptors (Lipinski definition) is 2. The van der Waals surface area contributed by atoms with Crippen LogP contribution in [0.5, 0.6) is 5.75 Å². The molecule has 0 saturated carbocycles. The molecule has 0 aliphatic rings. The minimum atomic E-state index is -1.07. The predicted molar refractivity (Wildman–Crippen MR) is 80.6 cm³/mol. The molecule has 0 aliphatic carbocycles. The molecule has 106 valence electrons. The van der Waals surface area contributed by atoms with E-state index in [0.717, 1.165) is 15.6 Å². The molecule has 0 aliphatic heterocycles. The monoisotopic (exact) mass is 338 g/mol. The average Bonchev–Trinajstić information content (AvgIpc) is 2.43. The Morgan fingerprint density at radius 3 is 2.50 bits per heavy atom. The van der Waals surface area contributed by atoms with Gasteiger partial charge >= 0.3 is 0 Å². The van der Waals surface area contributed by atoms with Gasteiger partial charge < -0.3 is 9.84 Å². The summed E-state index contributed by atoms with van der Waals surface area (Å²) >= 11 is 3.42. The second-order valence-electron chi connectivity index (χ2n) is 4.77. The van der Waals surface area contributed by atoms with Crippen LogP contribution in [0.2, 0.25) is 0 Å². The van der Waals surface area contributed by atoms with E-state index in [-0.39, 0.29) is 5.56 Å². The van der Waals surface area contributed by atoms with Crippen molar-refractivity contribution in [3.63, 3.8) is 0 Å². The fourth-order valence-electron chi connectivity index (χ4n) is 2.10. The van der Waals surface area contributed by atoms with Gasteiger partial charge in [-0.2, -0.15) is 0 Å². The molecule has 2 nitrogen and oxygen atoms in total. The molecule has 2 aromatic carbocycles. The average molecular weight is 339 g/mol.